The van der Waals surface area contributed by atoms with Crippen LogP contribution in [-0.2, 0) is 19.5 Å². The molecule has 0 spiro atoms. The smallest absolute Gasteiger partial charge is 0.234 e. The van der Waals surface area contributed by atoms with Gasteiger partial charge in [-0.15, -0.1) is 11.6 Å². The molecule has 0 saturated carbocycles. The molecule has 0 amide bonds. The van der Waals surface area contributed by atoms with Crippen LogP contribution in [0.25, 0.3) is 0 Å². The number of hydrogen-bond donors (Lipinski definition) is 0. The molecule has 0 radical (unpaired) electrons. The Morgan fingerprint density at radius 2 is 1.71 bits per heavy atom. The molecule has 2 aromatic rings. The maximum absolute atomic E-state index is 5.92. The molecule has 2 nitrogen and oxygen atoms in total. The van der Waals surface area contributed by atoms with Crippen LogP contribution in [0.15, 0.2) is 36.7 Å². The van der Waals surface area contributed by atoms with Gasteiger partial charge >= 0.3 is 0 Å². The van der Waals surface area contributed by atoms with E-state index in [0.717, 1.165) is 36.8 Å². The molecule has 0 saturated heterocycles. The summed E-state index contributed by atoms with van der Waals surface area (Å²) in [7, 11) is 0. The number of hydrogen-bond acceptors (Lipinski definition) is 0. The number of unbranched alkanes of at least 4 members (excludes halogenated alkanes) is 4. The summed E-state index contributed by atoms with van der Waals surface area (Å²) in [6.07, 6.45) is 12.9. The van der Waals surface area contributed by atoms with Gasteiger partial charge in [-0.25, -0.2) is 9.13 Å². The average molecular weight is 368 g/mol. The van der Waals surface area contributed by atoms with Gasteiger partial charge in [0.05, 0.1) is 13.1 Å². The Bertz CT molecular complexity index is 590. The first-order valence-electron chi connectivity index (χ1n) is 9.06. The lowest BCUT2D eigenvalue weighted by Crippen LogP contribution is -2.35. The third-order valence-electron chi connectivity index (χ3n) is 4.57. The number of imidazole rings is 1. The zero-order valence-electron chi connectivity index (χ0n) is 14.7. The Balaban J connectivity index is 1.68. The number of aryl methyl sites for hydroxylation is 3. The van der Waals surface area contributed by atoms with E-state index in [0.29, 0.717) is 0 Å². The van der Waals surface area contributed by atoms with Crippen molar-refractivity contribution < 1.29 is 4.57 Å². The lowest BCUT2D eigenvalue weighted by atomic mass is 10.1. The highest BCUT2D eigenvalue weighted by Crippen LogP contribution is 2.12. The van der Waals surface area contributed by atoms with E-state index in [2.05, 4.69) is 40.6 Å². The molecule has 0 bridgehead atoms. The van der Waals surface area contributed by atoms with Gasteiger partial charge in [0.25, 0.3) is 5.82 Å². The molecule has 0 aliphatic heterocycles. The quantitative estimate of drug-likeness (QED) is 0.279. The third kappa shape index (κ3) is 6.49. The fourth-order valence-corrected chi connectivity index (χ4v) is 3.32. The number of aromatic nitrogens is 2. The molecule has 1 aromatic carbocycles. The monoisotopic (exact) mass is 367 g/mol. The van der Waals surface area contributed by atoms with E-state index in [1.54, 1.807) is 0 Å². The fourth-order valence-electron chi connectivity index (χ4n) is 3.01. The minimum atomic E-state index is 0.790. The largest absolute Gasteiger partial charge is 0.253 e. The average Bonchev–Trinajstić information content (AvgIpc) is 2.93. The first-order chi connectivity index (χ1) is 11.7. The van der Waals surface area contributed by atoms with E-state index in [4.69, 9.17) is 23.2 Å². The van der Waals surface area contributed by atoms with Crippen LogP contribution in [0.5, 0.6) is 0 Å². The third-order valence-corrected chi connectivity index (χ3v) is 5.09. The number of alkyl halides is 1. The van der Waals surface area contributed by atoms with E-state index < -0.39 is 0 Å². The lowest BCUT2D eigenvalue weighted by Gasteiger charge is -2.03. The van der Waals surface area contributed by atoms with Crippen molar-refractivity contribution in [3.63, 3.8) is 0 Å². The minimum absolute atomic E-state index is 0.790. The van der Waals surface area contributed by atoms with E-state index >= 15 is 0 Å². The zero-order valence-corrected chi connectivity index (χ0v) is 16.2. The molecule has 1 heterocycles. The molecule has 1 aromatic heterocycles. The Labute approximate surface area is 156 Å². The summed E-state index contributed by atoms with van der Waals surface area (Å²) in [6, 6.07) is 8.20. The number of halogens is 2. The van der Waals surface area contributed by atoms with E-state index in [-0.39, 0.29) is 0 Å². The van der Waals surface area contributed by atoms with Gasteiger partial charge in [-0.05, 0) is 56.2 Å². The fraction of sp³-hybridized carbons (Fsp3) is 0.550. The van der Waals surface area contributed by atoms with Gasteiger partial charge in [0.2, 0.25) is 0 Å². The van der Waals surface area contributed by atoms with Crippen molar-refractivity contribution in [2.24, 2.45) is 0 Å². The molecular weight excluding hydrogens is 339 g/mol. The Morgan fingerprint density at radius 1 is 0.958 bits per heavy atom. The van der Waals surface area contributed by atoms with Crippen molar-refractivity contribution in [3.05, 3.63) is 53.1 Å². The van der Waals surface area contributed by atoms with Crippen LogP contribution in [0.4, 0.5) is 0 Å². The normalized spacial score (nSPS) is 11.1. The van der Waals surface area contributed by atoms with Crippen molar-refractivity contribution in [2.75, 3.05) is 5.88 Å². The standard InChI is InChI=1S/C20H29Cl2N2/c1-18-23(14-6-3-2-5-13-21)16-17-24(18)15-7-4-8-19-9-11-20(22)12-10-19/h9-12,16-17H,2-8,13-15H2,1H3/q+1. The van der Waals surface area contributed by atoms with Crippen LogP contribution in [-0.4, -0.2) is 10.4 Å². The number of rotatable bonds is 11. The number of benzene rings is 1. The van der Waals surface area contributed by atoms with Gasteiger partial charge in [0.1, 0.15) is 12.4 Å². The molecular formula is C20H29Cl2N2+. The molecule has 2 rings (SSSR count). The van der Waals surface area contributed by atoms with Crippen LogP contribution in [0.2, 0.25) is 5.02 Å². The van der Waals surface area contributed by atoms with Crippen molar-refractivity contribution in [2.45, 2.75) is 65.0 Å². The van der Waals surface area contributed by atoms with Gasteiger partial charge < -0.3 is 0 Å². The molecule has 132 valence electrons. The molecule has 0 atom stereocenters. The molecule has 0 fully saturated rings. The maximum atomic E-state index is 5.92. The van der Waals surface area contributed by atoms with E-state index in [1.807, 2.05) is 12.1 Å². The first kappa shape index (κ1) is 19.3. The summed E-state index contributed by atoms with van der Waals surface area (Å²) < 4.78 is 4.75. The molecule has 0 unspecified atom stereocenters. The second-order valence-corrected chi connectivity index (χ2v) is 7.23. The van der Waals surface area contributed by atoms with Crippen molar-refractivity contribution in [1.29, 1.82) is 0 Å². The van der Waals surface area contributed by atoms with Crippen molar-refractivity contribution in [3.8, 4) is 0 Å². The summed E-state index contributed by atoms with van der Waals surface area (Å²) in [5.74, 6) is 2.15. The highest BCUT2D eigenvalue weighted by molar-refractivity contribution is 6.30. The molecule has 0 N–H and O–H groups in total. The summed E-state index contributed by atoms with van der Waals surface area (Å²) in [5.41, 5.74) is 1.37. The summed E-state index contributed by atoms with van der Waals surface area (Å²) in [5, 5.41) is 0.814. The Kier molecular flexibility index (Phi) is 8.69. The lowest BCUT2D eigenvalue weighted by molar-refractivity contribution is -0.702. The van der Waals surface area contributed by atoms with Gasteiger partial charge in [-0.2, -0.15) is 0 Å². The van der Waals surface area contributed by atoms with Crippen LogP contribution in [0, 0.1) is 6.92 Å². The summed E-state index contributed by atoms with van der Waals surface area (Å²) >= 11 is 11.6. The van der Waals surface area contributed by atoms with E-state index in [9.17, 15) is 0 Å². The first-order valence-corrected chi connectivity index (χ1v) is 9.97. The minimum Gasteiger partial charge on any atom is -0.234 e. The number of nitrogens with zero attached hydrogens (tertiary/aromatic N) is 2. The van der Waals surface area contributed by atoms with Crippen LogP contribution in [0.3, 0.4) is 0 Å². The molecule has 24 heavy (non-hydrogen) atoms. The van der Waals surface area contributed by atoms with Gasteiger partial charge in [0, 0.05) is 17.8 Å². The second kappa shape index (κ2) is 10.8. The molecule has 0 aliphatic carbocycles. The van der Waals surface area contributed by atoms with Gasteiger partial charge in [0.15, 0.2) is 0 Å². The summed E-state index contributed by atoms with van der Waals surface area (Å²) in [6.45, 7) is 4.43. The highest BCUT2D eigenvalue weighted by atomic mass is 35.5. The zero-order chi connectivity index (χ0) is 17.2. The van der Waals surface area contributed by atoms with Gasteiger partial charge in [-0.3, -0.25) is 0 Å². The van der Waals surface area contributed by atoms with Crippen LogP contribution < -0.4 is 4.57 Å². The van der Waals surface area contributed by atoms with Gasteiger partial charge in [-0.1, -0.05) is 30.2 Å². The Morgan fingerprint density at radius 3 is 2.46 bits per heavy atom. The predicted molar refractivity (Wildman–Crippen MR) is 103 cm³/mol. The van der Waals surface area contributed by atoms with E-state index in [1.165, 1.54) is 43.5 Å². The molecule has 0 aliphatic rings. The Hall–Kier alpha value is -0.990. The highest BCUT2D eigenvalue weighted by Gasteiger charge is 2.11. The SMILES string of the molecule is Cc1n(CCCCc2ccc(Cl)cc2)cc[n+]1CCCCCCCl. The van der Waals surface area contributed by atoms with Crippen LogP contribution in [0.1, 0.15) is 49.9 Å². The van der Waals surface area contributed by atoms with Crippen LogP contribution >= 0.6 is 23.2 Å². The second-order valence-electron chi connectivity index (χ2n) is 6.42. The molecule has 4 heteroatoms. The topological polar surface area (TPSA) is 8.81 Å². The predicted octanol–water partition coefficient (Wildman–Crippen LogP) is 5.56. The maximum Gasteiger partial charge on any atom is 0.253 e. The van der Waals surface area contributed by atoms with Crippen molar-refractivity contribution in [1.82, 2.24) is 4.57 Å². The summed E-state index contributed by atoms with van der Waals surface area (Å²) in [4.78, 5) is 0. The van der Waals surface area contributed by atoms with Crippen molar-refractivity contribution >= 4 is 23.2 Å².